The van der Waals surface area contributed by atoms with Gasteiger partial charge in [-0.1, -0.05) is 24.3 Å². The van der Waals surface area contributed by atoms with Gasteiger partial charge in [0.1, 0.15) is 0 Å². The van der Waals surface area contributed by atoms with Crippen LogP contribution in [0.5, 0.6) is 0 Å². The van der Waals surface area contributed by atoms with E-state index in [1.807, 2.05) is 4.90 Å². The second kappa shape index (κ2) is 5.82. The molecule has 2 heterocycles. The molecular weight excluding hydrogens is 288 g/mol. The van der Waals surface area contributed by atoms with Gasteiger partial charge in [0.15, 0.2) is 0 Å². The summed E-state index contributed by atoms with van der Waals surface area (Å²) in [6.07, 6.45) is 5.47. The summed E-state index contributed by atoms with van der Waals surface area (Å²) in [5.41, 5.74) is 2.78. The van der Waals surface area contributed by atoms with Gasteiger partial charge in [0.05, 0.1) is 6.10 Å². The van der Waals surface area contributed by atoms with Crippen molar-refractivity contribution in [2.75, 3.05) is 0 Å². The summed E-state index contributed by atoms with van der Waals surface area (Å²) in [5.74, 6) is 0.585. The van der Waals surface area contributed by atoms with Crippen LogP contribution in [0.25, 0.3) is 0 Å². The quantitative estimate of drug-likeness (QED) is 0.882. The fourth-order valence-corrected chi connectivity index (χ4v) is 4.76. The molecule has 4 nitrogen and oxygen atoms in total. The second-order valence-corrected chi connectivity index (χ2v) is 7.59. The topological polar surface area (TPSA) is 52.6 Å². The maximum atomic E-state index is 12.6. The molecule has 1 aromatic rings. The number of urea groups is 1. The summed E-state index contributed by atoms with van der Waals surface area (Å²) in [4.78, 5) is 14.6. The number of rotatable bonds is 2. The molecule has 4 rings (SSSR count). The van der Waals surface area contributed by atoms with Gasteiger partial charge in [-0.25, -0.2) is 4.79 Å². The van der Waals surface area contributed by atoms with E-state index in [2.05, 4.69) is 36.5 Å². The number of aliphatic hydroxyl groups is 1. The number of hydrogen-bond donors (Lipinski definition) is 2. The molecule has 0 radical (unpaired) electrons. The van der Waals surface area contributed by atoms with Crippen LogP contribution < -0.4 is 5.32 Å². The summed E-state index contributed by atoms with van der Waals surface area (Å²) in [6, 6.07) is 9.45. The zero-order valence-corrected chi connectivity index (χ0v) is 13.7. The van der Waals surface area contributed by atoms with Crippen molar-refractivity contribution in [1.29, 1.82) is 0 Å². The molecule has 2 unspecified atom stereocenters. The molecule has 2 bridgehead atoms. The highest BCUT2D eigenvalue weighted by molar-refractivity contribution is 5.76. The number of carbonyl (C=O) groups excluding carboxylic acids is 1. The summed E-state index contributed by atoms with van der Waals surface area (Å²) in [6.45, 7) is 2.16. The minimum atomic E-state index is -0.217. The Morgan fingerprint density at radius 1 is 1.13 bits per heavy atom. The average molecular weight is 314 g/mol. The van der Waals surface area contributed by atoms with E-state index in [9.17, 15) is 9.90 Å². The number of nitrogens with one attached hydrogen (secondary N) is 1. The second-order valence-electron chi connectivity index (χ2n) is 7.59. The van der Waals surface area contributed by atoms with Crippen LogP contribution in [0.15, 0.2) is 24.3 Å². The highest BCUT2D eigenvalue weighted by atomic mass is 16.3. The lowest BCUT2D eigenvalue weighted by atomic mass is 9.74. The number of nitrogens with zero attached hydrogens (tertiary/aromatic N) is 1. The lowest BCUT2D eigenvalue weighted by Gasteiger charge is -2.41. The number of benzene rings is 1. The Hall–Kier alpha value is -1.55. The van der Waals surface area contributed by atoms with Gasteiger partial charge in [0.25, 0.3) is 0 Å². The smallest absolute Gasteiger partial charge is 0.318 e. The fraction of sp³-hybridized carbons (Fsp3) is 0.632. The highest BCUT2D eigenvalue weighted by Crippen LogP contribution is 2.39. The molecule has 2 N–H and O–H groups in total. The van der Waals surface area contributed by atoms with E-state index in [4.69, 9.17) is 0 Å². The number of aryl methyl sites for hydroxylation is 1. The van der Waals surface area contributed by atoms with Gasteiger partial charge in [-0.3, -0.25) is 0 Å². The number of aliphatic hydroxyl groups excluding tert-OH is 1. The molecule has 2 amide bonds. The monoisotopic (exact) mass is 314 g/mol. The van der Waals surface area contributed by atoms with E-state index in [0.717, 1.165) is 38.5 Å². The van der Waals surface area contributed by atoms with E-state index >= 15 is 0 Å². The van der Waals surface area contributed by atoms with E-state index < -0.39 is 0 Å². The first-order valence-corrected chi connectivity index (χ1v) is 8.94. The van der Waals surface area contributed by atoms with E-state index in [1.54, 1.807) is 0 Å². The minimum absolute atomic E-state index is 0.0950. The number of amides is 2. The number of hydrogen-bond acceptors (Lipinski definition) is 2. The normalized spacial score (nSPS) is 35.7. The zero-order valence-electron chi connectivity index (χ0n) is 13.7. The summed E-state index contributed by atoms with van der Waals surface area (Å²) >= 11 is 0. The van der Waals surface area contributed by atoms with Gasteiger partial charge >= 0.3 is 6.03 Å². The first-order valence-electron chi connectivity index (χ1n) is 8.94. The molecule has 0 aromatic heterocycles. The van der Waals surface area contributed by atoms with Crippen molar-refractivity contribution in [3.8, 4) is 0 Å². The van der Waals surface area contributed by atoms with Crippen molar-refractivity contribution in [1.82, 2.24) is 10.2 Å². The Labute approximate surface area is 137 Å². The number of piperidine rings is 1. The SMILES string of the molecule is Cc1ccccc1C1CC(NC(=O)N2C3CCC2CC(O)C3)C1. The largest absolute Gasteiger partial charge is 0.393 e. The average Bonchev–Trinajstić information content (AvgIpc) is 2.75. The van der Waals surface area contributed by atoms with Crippen LogP contribution in [0.4, 0.5) is 4.79 Å². The first-order chi connectivity index (χ1) is 11.1. The van der Waals surface area contributed by atoms with Gasteiger partial charge in [-0.2, -0.15) is 0 Å². The zero-order chi connectivity index (χ0) is 16.0. The van der Waals surface area contributed by atoms with Crippen LogP contribution in [-0.4, -0.2) is 40.3 Å². The molecule has 3 aliphatic rings. The third kappa shape index (κ3) is 2.74. The van der Waals surface area contributed by atoms with Gasteiger partial charge in [0.2, 0.25) is 0 Å². The number of fused-ring (bicyclic) bond motifs is 2. The standard InChI is InChI=1S/C19H26N2O2/c1-12-4-2-3-5-18(12)13-8-14(9-13)20-19(23)21-15-6-7-16(21)11-17(22)10-15/h2-5,13-17,22H,6-11H2,1H3,(H,20,23). The van der Waals surface area contributed by atoms with Crippen LogP contribution in [0.2, 0.25) is 0 Å². The molecule has 2 atom stereocenters. The van der Waals surface area contributed by atoms with Crippen molar-refractivity contribution < 1.29 is 9.90 Å². The molecular formula is C19H26N2O2. The van der Waals surface area contributed by atoms with Crippen LogP contribution in [0.1, 0.15) is 55.6 Å². The Balaban J connectivity index is 1.33. The van der Waals surface area contributed by atoms with E-state index in [0.29, 0.717) is 12.0 Å². The van der Waals surface area contributed by atoms with Crippen molar-refractivity contribution >= 4 is 6.03 Å². The third-order valence-electron chi connectivity index (χ3n) is 6.04. The predicted octanol–water partition coefficient (Wildman–Crippen LogP) is 2.94. The van der Waals surface area contributed by atoms with Crippen LogP contribution in [0.3, 0.4) is 0 Å². The Bertz CT molecular complexity index is 583. The van der Waals surface area contributed by atoms with Gasteiger partial charge in [-0.15, -0.1) is 0 Å². The van der Waals surface area contributed by atoms with Crippen LogP contribution in [0, 0.1) is 6.92 Å². The summed E-state index contributed by atoms with van der Waals surface area (Å²) < 4.78 is 0. The van der Waals surface area contributed by atoms with Gasteiger partial charge in [-0.05, 0) is 62.5 Å². The van der Waals surface area contributed by atoms with Gasteiger partial charge in [0, 0.05) is 18.1 Å². The molecule has 1 aromatic carbocycles. The Kier molecular flexibility index (Phi) is 3.80. The number of carbonyl (C=O) groups is 1. The molecule has 2 saturated heterocycles. The van der Waals surface area contributed by atoms with E-state index in [-0.39, 0.29) is 24.2 Å². The first kappa shape index (κ1) is 15.0. The maximum absolute atomic E-state index is 12.6. The molecule has 1 saturated carbocycles. The molecule has 23 heavy (non-hydrogen) atoms. The molecule has 124 valence electrons. The van der Waals surface area contributed by atoms with E-state index in [1.165, 1.54) is 11.1 Å². The fourth-order valence-electron chi connectivity index (χ4n) is 4.76. The van der Waals surface area contributed by atoms with Crippen molar-refractivity contribution in [3.05, 3.63) is 35.4 Å². The van der Waals surface area contributed by atoms with Gasteiger partial charge < -0.3 is 15.3 Å². The molecule has 1 aliphatic carbocycles. The Morgan fingerprint density at radius 2 is 1.78 bits per heavy atom. The van der Waals surface area contributed by atoms with Crippen LogP contribution >= 0.6 is 0 Å². The van der Waals surface area contributed by atoms with Crippen molar-refractivity contribution in [2.45, 2.75) is 75.6 Å². The molecule has 2 aliphatic heterocycles. The Morgan fingerprint density at radius 3 is 2.43 bits per heavy atom. The molecule has 3 fully saturated rings. The molecule has 4 heteroatoms. The lowest BCUT2D eigenvalue weighted by molar-refractivity contribution is 0.0522. The lowest BCUT2D eigenvalue weighted by Crippen LogP contribution is -2.55. The maximum Gasteiger partial charge on any atom is 0.318 e. The summed E-state index contributed by atoms with van der Waals surface area (Å²) in [7, 11) is 0. The molecule has 0 spiro atoms. The van der Waals surface area contributed by atoms with Crippen LogP contribution in [-0.2, 0) is 0 Å². The summed E-state index contributed by atoms with van der Waals surface area (Å²) in [5, 5.41) is 13.1. The van der Waals surface area contributed by atoms with Crippen molar-refractivity contribution in [3.63, 3.8) is 0 Å². The third-order valence-corrected chi connectivity index (χ3v) is 6.04. The van der Waals surface area contributed by atoms with Crippen molar-refractivity contribution in [2.24, 2.45) is 0 Å². The minimum Gasteiger partial charge on any atom is -0.393 e. The predicted molar refractivity (Wildman–Crippen MR) is 89.4 cm³/mol. The highest BCUT2D eigenvalue weighted by Gasteiger charge is 2.44.